The Balaban J connectivity index is 3.38. The molecular formula is C20H36O6. The van der Waals surface area contributed by atoms with Crippen LogP contribution in [-0.2, 0) is 19.1 Å². The van der Waals surface area contributed by atoms with Gasteiger partial charge < -0.3 is 14.9 Å². The predicted octanol–water partition coefficient (Wildman–Crippen LogP) is 4.37. The van der Waals surface area contributed by atoms with Crippen molar-refractivity contribution in [3.05, 3.63) is 0 Å². The number of aliphatic carboxylic acids is 1. The second-order valence-electron chi connectivity index (χ2n) is 6.90. The highest BCUT2D eigenvalue weighted by molar-refractivity contribution is 5.88. The summed E-state index contributed by atoms with van der Waals surface area (Å²) in [6.07, 6.45) is 13.3. The van der Waals surface area contributed by atoms with Crippen LogP contribution in [0.15, 0.2) is 0 Å². The number of aliphatic hydroxyl groups excluding tert-OH is 1. The molecule has 2 N–H and O–H groups in total. The third kappa shape index (κ3) is 16.1. The van der Waals surface area contributed by atoms with Gasteiger partial charge in [-0.3, -0.25) is 9.59 Å². The first-order chi connectivity index (χ1) is 12.5. The number of carbonyl (C=O) groups excluding carboxylic acids is 2. The van der Waals surface area contributed by atoms with Crippen molar-refractivity contribution in [1.82, 2.24) is 0 Å². The highest BCUT2D eigenvalue weighted by atomic mass is 16.6. The molecule has 1 unspecified atom stereocenters. The van der Waals surface area contributed by atoms with Crippen molar-refractivity contribution in [3.8, 4) is 0 Å². The van der Waals surface area contributed by atoms with Gasteiger partial charge in [0, 0.05) is 6.42 Å². The van der Waals surface area contributed by atoms with Gasteiger partial charge in [0.15, 0.2) is 6.10 Å². The highest BCUT2D eigenvalue weighted by Crippen LogP contribution is 2.13. The van der Waals surface area contributed by atoms with E-state index in [1.165, 1.54) is 57.8 Å². The van der Waals surface area contributed by atoms with Crippen LogP contribution in [0.3, 0.4) is 0 Å². The van der Waals surface area contributed by atoms with Gasteiger partial charge in [-0.1, -0.05) is 84.0 Å². The van der Waals surface area contributed by atoms with E-state index in [0.29, 0.717) is 6.42 Å². The third-order valence-corrected chi connectivity index (χ3v) is 4.36. The normalized spacial score (nSPS) is 11.9. The van der Waals surface area contributed by atoms with Crippen molar-refractivity contribution in [2.24, 2.45) is 0 Å². The number of hydrogen-bond donors (Lipinski definition) is 2. The van der Waals surface area contributed by atoms with E-state index in [0.717, 1.165) is 19.3 Å². The summed E-state index contributed by atoms with van der Waals surface area (Å²) in [6.45, 7) is 2.23. The van der Waals surface area contributed by atoms with Crippen LogP contribution in [0.2, 0.25) is 0 Å². The van der Waals surface area contributed by atoms with Crippen molar-refractivity contribution < 1.29 is 29.3 Å². The van der Waals surface area contributed by atoms with Gasteiger partial charge in [0.05, 0.1) is 6.42 Å². The number of aliphatic hydroxyl groups is 1. The van der Waals surface area contributed by atoms with Crippen LogP contribution >= 0.6 is 0 Å². The summed E-state index contributed by atoms with van der Waals surface area (Å²) >= 11 is 0. The molecule has 0 amide bonds. The molecule has 0 heterocycles. The number of carboxylic acids is 1. The minimum absolute atomic E-state index is 0.146. The first-order valence-corrected chi connectivity index (χ1v) is 10.1. The topological polar surface area (TPSA) is 101 Å². The van der Waals surface area contributed by atoms with Crippen molar-refractivity contribution in [1.29, 1.82) is 0 Å². The fraction of sp³-hybridized carbons (Fsp3) is 0.850. The quantitative estimate of drug-likeness (QED) is 0.223. The van der Waals surface area contributed by atoms with Crippen molar-refractivity contribution >= 4 is 17.9 Å². The van der Waals surface area contributed by atoms with Gasteiger partial charge in [0.1, 0.15) is 0 Å². The van der Waals surface area contributed by atoms with Gasteiger partial charge in [0.2, 0.25) is 0 Å². The molecule has 0 rings (SSSR count). The molecule has 0 aliphatic carbocycles. The highest BCUT2D eigenvalue weighted by Gasteiger charge is 2.20. The maximum Gasteiger partial charge on any atom is 0.333 e. The molecule has 26 heavy (non-hydrogen) atoms. The van der Waals surface area contributed by atoms with E-state index >= 15 is 0 Å². The fourth-order valence-corrected chi connectivity index (χ4v) is 2.75. The molecule has 0 spiro atoms. The van der Waals surface area contributed by atoms with Crippen molar-refractivity contribution in [2.75, 3.05) is 0 Å². The number of hydrogen-bond acceptors (Lipinski definition) is 5. The molecule has 6 heteroatoms. The monoisotopic (exact) mass is 372 g/mol. The van der Waals surface area contributed by atoms with Gasteiger partial charge in [-0.2, -0.15) is 0 Å². The Labute approximate surface area is 157 Å². The number of carbonyl (C=O) groups is 3. The lowest BCUT2D eigenvalue weighted by atomic mass is 10.0. The van der Waals surface area contributed by atoms with E-state index in [4.69, 9.17) is 10.2 Å². The molecule has 0 aromatic heterocycles. The smallest absolute Gasteiger partial charge is 0.333 e. The average Bonchev–Trinajstić information content (AvgIpc) is 2.58. The number of esters is 2. The minimum Gasteiger partial charge on any atom is -0.479 e. The third-order valence-electron chi connectivity index (χ3n) is 4.36. The number of rotatable bonds is 17. The first kappa shape index (κ1) is 24.6. The number of unbranched alkanes of at least 4 members (excludes halogenated alkanes) is 12. The van der Waals surface area contributed by atoms with Gasteiger partial charge in [0.25, 0.3) is 0 Å². The first-order valence-electron chi connectivity index (χ1n) is 10.1. The van der Waals surface area contributed by atoms with Gasteiger partial charge in [-0.05, 0) is 6.42 Å². The molecule has 0 saturated carbocycles. The summed E-state index contributed by atoms with van der Waals surface area (Å²) in [6, 6.07) is 0. The SMILES string of the molecule is CCCCCCCCCCCCCCCC(=O)OC(=O)CC(O)C(=O)O. The second kappa shape index (κ2) is 17.0. The molecule has 0 radical (unpaired) electrons. The largest absolute Gasteiger partial charge is 0.479 e. The Morgan fingerprint density at radius 2 is 1.15 bits per heavy atom. The molecule has 6 nitrogen and oxygen atoms in total. The van der Waals surface area contributed by atoms with E-state index in [1.54, 1.807) is 0 Å². The summed E-state index contributed by atoms with van der Waals surface area (Å²) < 4.78 is 4.48. The van der Waals surface area contributed by atoms with Crippen LogP contribution in [0.4, 0.5) is 0 Å². The molecular weight excluding hydrogens is 336 g/mol. The number of carboxylic acid groups (broad SMARTS) is 1. The lowest BCUT2D eigenvalue weighted by Gasteiger charge is -2.05. The molecule has 152 valence electrons. The van der Waals surface area contributed by atoms with E-state index in [9.17, 15) is 14.4 Å². The van der Waals surface area contributed by atoms with E-state index in [2.05, 4.69) is 11.7 Å². The summed E-state index contributed by atoms with van der Waals surface area (Å²) in [4.78, 5) is 33.1. The Morgan fingerprint density at radius 1 is 0.731 bits per heavy atom. The number of ether oxygens (including phenoxy) is 1. The van der Waals surface area contributed by atoms with Crippen LogP contribution in [0, 0.1) is 0 Å². The maximum absolute atomic E-state index is 11.4. The summed E-state index contributed by atoms with van der Waals surface area (Å²) in [7, 11) is 0. The van der Waals surface area contributed by atoms with Crippen molar-refractivity contribution in [3.63, 3.8) is 0 Å². The Hall–Kier alpha value is -1.43. The van der Waals surface area contributed by atoms with Crippen LogP contribution in [0.5, 0.6) is 0 Å². The van der Waals surface area contributed by atoms with E-state index in [-0.39, 0.29) is 6.42 Å². The maximum atomic E-state index is 11.4. The van der Waals surface area contributed by atoms with E-state index < -0.39 is 30.4 Å². The molecule has 0 bridgehead atoms. The molecule has 0 fully saturated rings. The molecule has 0 aromatic carbocycles. The summed E-state index contributed by atoms with van der Waals surface area (Å²) in [5.74, 6) is -3.17. The summed E-state index contributed by atoms with van der Waals surface area (Å²) in [5.41, 5.74) is 0. The molecule has 0 aliphatic rings. The zero-order valence-electron chi connectivity index (χ0n) is 16.2. The van der Waals surface area contributed by atoms with Gasteiger partial charge >= 0.3 is 17.9 Å². The molecule has 0 aromatic rings. The van der Waals surface area contributed by atoms with Crippen LogP contribution in [-0.4, -0.2) is 34.2 Å². The van der Waals surface area contributed by atoms with Crippen LogP contribution in [0.1, 0.15) is 103 Å². The Morgan fingerprint density at radius 3 is 1.58 bits per heavy atom. The molecule has 0 aliphatic heterocycles. The lowest BCUT2D eigenvalue weighted by Crippen LogP contribution is -2.25. The van der Waals surface area contributed by atoms with Crippen LogP contribution in [0.25, 0.3) is 0 Å². The minimum atomic E-state index is -1.83. The fourth-order valence-electron chi connectivity index (χ4n) is 2.75. The second-order valence-corrected chi connectivity index (χ2v) is 6.90. The zero-order chi connectivity index (χ0) is 19.6. The summed E-state index contributed by atoms with van der Waals surface area (Å²) in [5, 5.41) is 17.5. The predicted molar refractivity (Wildman–Crippen MR) is 99.7 cm³/mol. The average molecular weight is 373 g/mol. The van der Waals surface area contributed by atoms with Gasteiger partial charge in [-0.25, -0.2) is 4.79 Å². The van der Waals surface area contributed by atoms with E-state index in [1.807, 2.05) is 0 Å². The van der Waals surface area contributed by atoms with Gasteiger partial charge in [-0.15, -0.1) is 0 Å². The van der Waals surface area contributed by atoms with Crippen LogP contribution < -0.4 is 0 Å². The molecule has 1 atom stereocenters. The Bertz CT molecular complexity index is 394. The Kier molecular flexibility index (Phi) is 16.1. The zero-order valence-corrected chi connectivity index (χ0v) is 16.2. The standard InChI is InChI=1S/C20H36O6/c1-2-3-4-5-6-7-8-9-10-11-12-13-14-15-18(22)26-19(23)16-17(21)20(24)25/h17,21H,2-16H2,1H3,(H,24,25). The lowest BCUT2D eigenvalue weighted by molar-refractivity contribution is -0.164. The molecule has 0 saturated heterocycles. The van der Waals surface area contributed by atoms with Crippen molar-refractivity contribution in [2.45, 2.75) is 109 Å².